The van der Waals surface area contributed by atoms with E-state index in [-0.39, 0.29) is 30.2 Å². The molecule has 0 unspecified atom stereocenters. The van der Waals surface area contributed by atoms with Gasteiger partial charge in [0.2, 0.25) is 0 Å². The highest BCUT2D eigenvalue weighted by atomic mass is 79.9. The highest BCUT2D eigenvalue weighted by Gasteiger charge is 2.25. The molecule has 0 bridgehead atoms. The fourth-order valence-corrected chi connectivity index (χ4v) is 3.69. The lowest BCUT2D eigenvalue weighted by Crippen LogP contribution is -2.46. The van der Waals surface area contributed by atoms with E-state index in [2.05, 4.69) is 21.2 Å². The average molecular weight is 470 g/mol. The number of anilines is 1. The van der Waals surface area contributed by atoms with E-state index in [9.17, 15) is 18.4 Å². The Balaban J connectivity index is 1.67. The van der Waals surface area contributed by atoms with E-state index < -0.39 is 6.43 Å². The summed E-state index contributed by atoms with van der Waals surface area (Å²) in [6, 6.07) is 9.90. The van der Waals surface area contributed by atoms with Crippen molar-refractivity contribution in [3.8, 4) is 0 Å². The topological polar surface area (TPSA) is 65.8 Å². The minimum absolute atomic E-state index is 0.0912. The van der Waals surface area contributed by atoms with Gasteiger partial charge in [0, 0.05) is 26.2 Å². The van der Waals surface area contributed by atoms with E-state index in [1.54, 1.807) is 48.3 Å². The molecule has 156 valence electrons. The maximum absolute atomic E-state index is 12.8. The summed E-state index contributed by atoms with van der Waals surface area (Å²) in [4.78, 5) is 28.6. The lowest BCUT2D eigenvalue weighted by Gasteiger charge is -2.32. The largest absolute Gasteiger partial charge is 0.444 e. The smallest absolute Gasteiger partial charge is 0.293 e. The minimum Gasteiger partial charge on any atom is -0.444 e. The van der Waals surface area contributed by atoms with Crippen LogP contribution in [0.3, 0.4) is 0 Å². The van der Waals surface area contributed by atoms with Gasteiger partial charge in [-0.3, -0.25) is 14.5 Å². The number of nitrogens with one attached hydrogen (secondary N) is 1. The van der Waals surface area contributed by atoms with Crippen molar-refractivity contribution < 1.29 is 22.8 Å². The number of para-hydroxylation sites is 1. The molecule has 0 spiro atoms. The van der Waals surface area contributed by atoms with Crippen molar-refractivity contribution in [3.05, 3.63) is 52.4 Å². The number of rotatable bonds is 6. The van der Waals surface area contributed by atoms with Gasteiger partial charge in [0.05, 0.1) is 17.8 Å². The Bertz CT molecular complexity index is 866. The molecule has 2 heterocycles. The van der Waals surface area contributed by atoms with Gasteiger partial charge in [0.25, 0.3) is 18.2 Å². The minimum atomic E-state index is -2.35. The number of likely N-dealkylation sites (tertiary alicyclic amines) is 1. The van der Waals surface area contributed by atoms with E-state index in [0.717, 1.165) is 0 Å². The van der Waals surface area contributed by atoms with Crippen molar-refractivity contribution in [2.24, 2.45) is 0 Å². The Hall–Kier alpha value is -2.26. The van der Waals surface area contributed by atoms with Crippen molar-refractivity contribution in [1.82, 2.24) is 10.2 Å². The quantitative estimate of drug-likeness (QED) is 0.698. The fraction of sp³-hybridized carbons (Fsp3) is 0.400. The van der Waals surface area contributed by atoms with Gasteiger partial charge in [-0.05, 0) is 53.0 Å². The van der Waals surface area contributed by atoms with Crippen LogP contribution in [-0.2, 0) is 0 Å². The predicted molar refractivity (Wildman–Crippen MR) is 109 cm³/mol. The number of hydrogen-bond acceptors (Lipinski definition) is 4. The highest BCUT2D eigenvalue weighted by molar-refractivity contribution is 9.10. The summed E-state index contributed by atoms with van der Waals surface area (Å²) in [7, 11) is 1.58. The van der Waals surface area contributed by atoms with Gasteiger partial charge in [-0.25, -0.2) is 8.78 Å². The van der Waals surface area contributed by atoms with E-state index in [1.165, 1.54) is 4.90 Å². The number of piperidine rings is 1. The number of alkyl halides is 2. The normalized spacial score (nSPS) is 15.5. The number of amides is 2. The molecule has 9 heteroatoms. The van der Waals surface area contributed by atoms with Crippen LogP contribution >= 0.6 is 15.9 Å². The molecule has 1 fully saturated rings. The molecule has 2 aromatic rings. The standard InChI is InChI=1S/C20H22BrF2N3O3/c1-25(20(28)16-6-7-17(21)29-16)15-5-3-2-4-14(15)19(27)24-13-8-10-26(11-9-13)12-18(22)23/h2-7,13,18H,8-12H2,1H3,(H,24,27). The van der Waals surface area contributed by atoms with Crippen LogP contribution in [0.1, 0.15) is 33.8 Å². The number of furan rings is 1. The molecule has 1 aliphatic heterocycles. The van der Waals surface area contributed by atoms with Crippen LogP contribution < -0.4 is 10.2 Å². The maximum atomic E-state index is 12.8. The van der Waals surface area contributed by atoms with Crippen molar-refractivity contribution in [2.75, 3.05) is 31.6 Å². The average Bonchev–Trinajstić information content (AvgIpc) is 3.14. The van der Waals surface area contributed by atoms with Crippen molar-refractivity contribution in [3.63, 3.8) is 0 Å². The number of nitrogens with zero attached hydrogens (tertiary/aromatic N) is 2. The maximum Gasteiger partial charge on any atom is 0.293 e. The predicted octanol–water partition coefficient (Wildman–Crippen LogP) is 3.78. The van der Waals surface area contributed by atoms with Crippen LogP contribution in [0.5, 0.6) is 0 Å². The van der Waals surface area contributed by atoms with Crippen LogP contribution in [0.15, 0.2) is 45.5 Å². The molecule has 1 aromatic carbocycles. The number of carbonyl (C=O) groups is 2. The van der Waals surface area contributed by atoms with Gasteiger partial charge < -0.3 is 14.6 Å². The van der Waals surface area contributed by atoms with Gasteiger partial charge in [0.1, 0.15) is 0 Å². The molecule has 2 amide bonds. The van der Waals surface area contributed by atoms with Crippen LogP contribution in [0, 0.1) is 0 Å². The first-order chi connectivity index (χ1) is 13.8. The molecule has 1 aromatic heterocycles. The summed E-state index contributed by atoms with van der Waals surface area (Å²) in [6.45, 7) is 0.796. The zero-order valence-electron chi connectivity index (χ0n) is 15.9. The molecule has 1 N–H and O–H groups in total. The second kappa shape index (κ2) is 9.49. The fourth-order valence-electron chi connectivity index (χ4n) is 3.38. The zero-order chi connectivity index (χ0) is 21.0. The molecule has 1 aliphatic rings. The van der Waals surface area contributed by atoms with E-state index >= 15 is 0 Å². The molecule has 29 heavy (non-hydrogen) atoms. The van der Waals surface area contributed by atoms with Crippen molar-refractivity contribution in [1.29, 1.82) is 0 Å². The van der Waals surface area contributed by atoms with Crippen molar-refractivity contribution in [2.45, 2.75) is 25.3 Å². The van der Waals surface area contributed by atoms with E-state index in [1.807, 2.05) is 0 Å². The Kier molecular flexibility index (Phi) is 7.02. The Morgan fingerprint density at radius 2 is 1.93 bits per heavy atom. The van der Waals surface area contributed by atoms with E-state index in [4.69, 9.17) is 4.42 Å². The van der Waals surface area contributed by atoms with Gasteiger partial charge in [-0.1, -0.05) is 12.1 Å². The van der Waals surface area contributed by atoms with Gasteiger partial charge in [-0.2, -0.15) is 0 Å². The van der Waals surface area contributed by atoms with Crippen LogP contribution in [0.4, 0.5) is 14.5 Å². The zero-order valence-corrected chi connectivity index (χ0v) is 17.5. The highest BCUT2D eigenvalue weighted by Crippen LogP contribution is 2.23. The van der Waals surface area contributed by atoms with E-state index in [0.29, 0.717) is 41.9 Å². The summed E-state index contributed by atoms with van der Waals surface area (Å²) in [5.41, 5.74) is 0.821. The van der Waals surface area contributed by atoms with Crippen LogP contribution in [0.2, 0.25) is 0 Å². The molecule has 6 nitrogen and oxygen atoms in total. The Labute approximate surface area is 176 Å². The first-order valence-electron chi connectivity index (χ1n) is 9.29. The molecular weight excluding hydrogens is 448 g/mol. The molecule has 3 rings (SSSR count). The lowest BCUT2D eigenvalue weighted by atomic mass is 10.0. The third-order valence-corrected chi connectivity index (χ3v) is 5.34. The number of hydrogen-bond donors (Lipinski definition) is 1. The summed E-state index contributed by atoms with van der Waals surface area (Å²) in [6.07, 6.45) is -1.14. The summed E-state index contributed by atoms with van der Waals surface area (Å²) < 4.78 is 30.8. The summed E-state index contributed by atoms with van der Waals surface area (Å²) >= 11 is 3.17. The third kappa shape index (κ3) is 5.42. The number of benzene rings is 1. The second-order valence-electron chi connectivity index (χ2n) is 6.92. The third-order valence-electron chi connectivity index (χ3n) is 4.92. The van der Waals surface area contributed by atoms with Gasteiger partial charge >= 0.3 is 0 Å². The SMILES string of the molecule is CN(C(=O)c1ccc(Br)o1)c1ccccc1C(=O)NC1CCN(CC(F)F)CC1. The molecule has 0 radical (unpaired) electrons. The first kappa shape index (κ1) is 21.4. The second-order valence-corrected chi connectivity index (χ2v) is 7.71. The summed E-state index contributed by atoms with van der Waals surface area (Å²) in [5.74, 6) is -0.523. The number of carbonyl (C=O) groups excluding carboxylic acids is 2. The molecule has 1 saturated heterocycles. The Morgan fingerprint density at radius 1 is 1.24 bits per heavy atom. The molecule has 0 atom stereocenters. The summed E-state index contributed by atoms with van der Waals surface area (Å²) in [5, 5.41) is 2.97. The monoisotopic (exact) mass is 469 g/mol. The first-order valence-corrected chi connectivity index (χ1v) is 10.1. The van der Waals surface area contributed by atoms with Gasteiger partial charge in [0.15, 0.2) is 10.4 Å². The molecule has 0 saturated carbocycles. The molecular formula is C20H22BrF2N3O3. The Morgan fingerprint density at radius 3 is 2.55 bits per heavy atom. The van der Waals surface area contributed by atoms with Crippen LogP contribution in [0.25, 0.3) is 0 Å². The van der Waals surface area contributed by atoms with Crippen LogP contribution in [-0.4, -0.2) is 55.9 Å². The molecule has 0 aliphatic carbocycles. The van der Waals surface area contributed by atoms with Crippen molar-refractivity contribution >= 4 is 33.4 Å². The number of halogens is 3. The lowest BCUT2D eigenvalue weighted by molar-refractivity contribution is 0.0696. The van der Waals surface area contributed by atoms with Gasteiger partial charge in [-0.15, -0.1) is 0 Å².